The van der Waals surface area contributed by atoms with Crippen LogP contribution in [0.4, 0.5) is 0 Å². The van der Waals surface area contributed by atoms with Crippen LogP contribution in [0.5, 0.6) is 11.5 Å². The lowest BCUT2D eigenvalue weighted by Crippen LogP contribution is -2.09. The van der Waals surface area contributed by atoms with Crippen LogP contribution in [0.15, 0.2) is 18.2 Å². The van der Waals surface area contributed by atoms with Crippen molar-refractivity contribution in [1.29, 1.82) is 5.26 Å². The number of hydrogen-bond acceptors (Lipinski definition) is 4. The van der Waals surface area contributed by atoms with Crippen molar-refractivity contribution in [3.8, 4) is 17.6 Å². The van der Waals surface area contributed by atoms with E-state index < -0.39 is 6.04 Å². The Hall–Kier alpha value is -1.73. The van der Waals surface area contributed by atoms with E-state index in [1.807, 2.05) is 6.07 Å². The van der Waals surface area contributed by atoms with Crippen LogP contribution >= 0.6 is 0 Å². The molecule has 68 valence electrons. The van der Waals surface area contributed by atoms with Crippen molar-refractivity contribution < 1.29 is 10.2 Å². The summed E-state index contributed by atoms with van der Waals surface area (Å²) in [6, 6.07) is 5.85. The van der Waals surface area contributed by atoms with Gasteiger partial charge in [0.15, 0.2) is 11.5 Å². The Morgan fingerprint density at radius 2 is 2.15 bits per heavy atom. The second kappa shape index (κ2) is 3.78. The second-order valence-corrected chi connectivity index (χ2v) is 2.68. The van der Waals surface area contributed by atoms with Gasteiger partial charge in [-0.25, -0.2) is 0 Å². The summed E-state index contributed by atoms with van der Waals surface area (Å²) in [5, 5.41) is 26.9. The van der Waals surface area contributed by atoms with Gasteiger partial charge in [0.05, 0.1) is 12.5 Å². The Morgan fingerprint density at radius 1 is 1.46 bits per heavy atom. The van der Waals surface area contributed by atoms with Gasteiger partial charge < -0.3 is 15.9 Å². The third-order valence-electron chi connectivity index (χ3n) is 1.76. The van der Waals surface area contributed by atoms with Gasteiger partial charge in [0.1, 0.15) is 0 Å². The average Bonchev–Trinajstić information content (AvgIpc) is 2.10. The average molecular weight is 178 g/mol. The number of phenolic OH excluding ortho intramolecular Hbond substituents is 2. The third-order valence-corrected chi connectivity index (χ3v) is 1.76. The normalized spacial score (nSPS) is 12.0. The van der Waals surface area contributed by atoms with Gasteiger partial charge in [-0.05, 0) is 6.07 Å². The molecule has 0 aromatic heterocycles. The van der Waals surface area contributed by atoms with E-state index in [9.17, 15) is 5.11 Å². The molecule has 0 amide bonds. The van der Waals surface area contributed by atoms with E-state index >= 15 is 0 Å². The van der Waals surface area contributed by atoms with Crippen LogP contribution in [0.3, 0.4) is 0 Å². The second-order valence-electron chi connectivity index (χ2n) is 2.68. The molecule has 0 heterocycles. The van der Waals surface area contributed by atoms with E-state index in [4.69, 9.17) is 16.1 Å². The minimum absolute atomic E-state index is 0.108. The van der Waals surface area contributed by atoms with Crippen molar-refractivity contribution in [2.75, 3.05) is 0 Å². The van der Waals surface area contributed by atoms with E-state index in [1.165, 1.54) is 6.07 Å². The minimum Gasteiger partial charge on any atom is -0.504 e. The summed E-state index contributed by atoms with van der Waals surface area (Å²) in [6.07, 6.45) is 0.108. The molecular formula is C9H10N2O2. The first kappa shape index (κ1) is 9.36. The van der Waals surface area contributed by atoms with Crippen molar-refractivity contribution in [2.45, 2.75) is 12.5 Å². The van der Waals surface area contributed by atoms with Gasteiger partial charge in [0, 0.05) is 11.6 Å². The van der Waals surface area contributed by atoms with Crippen LogP contribution in [-0.2, 0) is 0 Å². The number of hydrogen-bond donors (Lipinski definition) is 3. The number of para-hydroxylation sites is 1. The largest absolute Gasteiger partial charge is 0.504 e. The molecule has 1 rings (SSSR count). The molecule has 0 saturated carbocycles. The molecule has 0 saturated heterocycles. The molecule has 4 nitrogen and oxygen atoms in total. The highest BCUT2D eigenvalue weighted by Gasteiger charge is 2.12. The Morgan fingerprint density at radius 3 is 2.77 bits per heavy atom. The molecule has 0 aliphatic heterocycles. The fraction of sp³-hybridized carbons (Fsp3) is 0.222. The molecule has 4 N–H and O–H groups in total. The van der Waals surface area contributed by atoms with E-state index in [0.717, 1.165) is 0 Å². The molecule has 0 bridgehead atoms. The molecule has 1 aromatic carbocycles. The van der Waals surface area contributed by atoms with E-state index in [1.54, 1.807) is 12.1 Å². The zero-order valence-electron chi connectivity index (χ0n) is 6.94. The summed E-state index contributed by atoms with van der Waals surface area (Å²) in [4.78, 5) is 0. The summed E-state index contributed by atoms with van der Waals surface area (Å²) < 4.78 is 0. The summed E-state index contributed by atoms with van der Waals surface area (Å²) in [7, 11) is 0. The van der Waals surface area contributed by atoms with E-state index in [-0.39, 0.29) is 17.9 Å². The molecule has 1 atom stereocenters. The number of benzene rings is 1. The smallest absolute Gasteiger partial charge is 0.162 e. The van der Waals surface area contributed by atoms with Crippen LogP contribution in [0.1, 0.15) is 18.0 Å². The van der Waals surface area contributed by atoms with E-state index in [2.05, 4.69) is 0 Å². The van der Waals surface area contributed by atoms with Crippen LogP contribution < -0.4 is 5.73 Å². The third kappa shape index (κ3) is 1.89. The molecule has 0 spiro atoms. The number of aromatic hydroxyl groups is 2. The number of phenols is 2. The summed E-state index contributed by atoms with van der Waals surface area (Å²) >= 11 is 0. The van der Waals surface area contributed by atoms with Gasteiger partial charge in [-0.1, -0.05) is 12.1 Å². The highest BCUT2D eigenvalue weighted by molar-refractivity contribution is 5.45. The first-order valence-corrected chi connectivity index (χ1v) is 3.80. The lowest BCUT2D eigenvalue weighted by molar-refractivity contribution is 0.396. The molecule has 0 aliphatic rings. The molecule has 1 aromatic rings. The van der Waals surface area contributed by atoms with Crippen LogP contribution in [-0.4, -0.2) is 10.2 Å². The summed E-state index contributed by atoms with van der Waals surface area (Å²) in [5.41, 5.74) is 5.97. The maximum absolute atomic E-state index is 9.36. The van der Waals surface area contributed by atoms with Gasteiger partial charge in [-0.15, -0.1) is 0 Å². The maximum Gasteiger partial charge on any atom is 0.162 e. The summed E-state index contributed by atoms with van der Waals surface area (Å²) in [6.45, 7) is 0. The topological polar surface area (TPSA) is 90.3 Å². The monoisotopic (exact) mass is 178 g/mol. The molecule has 0 fully saturated rings. The zero-order chi connectivity index (χ0) is 9.84. The highest BCUT2D eigenvalue weighted by Crippen LogP contribution is 2.32. The molecule has 0 radical (unpaired) electrons. The van der Waals surface area contributed by atoms with Crippen molar-refractivity contribution in [1.82, 2.24) is 0 Å². The standard InChI is InChI=1S/C9H10N2O2/c10-5-4-7(11)6-2-1-3-8(12)9(6)13/h1-3,7,12-13H,4,11H2/t7-/m0/s1. The lowest BCUT2D eigenvalue weighted by atomic mass is 10.0. The SMILES string of the molecule is N#CC[C@H](N)c1cccc(O)c1O. The maximum atomic E-state index is 9.36. The molecule has 4 heteroatoms. The highest BCUT2D eigenvalue weighted by atomic mass is 16.3. The summed E-state index contributed by atoms with van der Waals surface area (Å²) in [5.74, 6) is -0.462. The zero-order valence-corrected chi connectivity index (χ0v) is 6.94. The Bertz CT molecular complexity index is 344. The van der Waals surface area contributed by atoms with Crippen molar-refractivity contribution in [3.05, 3.63) is 23.8 Å². The molecule has 0 aliphatic carbocycles. The number of nitrogens with two attached hydrogens (primary N) is 1. The Kier molecular flexibility index (Phi) is 2.72. The van der Waals surface area contributed by atoms with Gasteiger partial charge in [-0.2, -0.15) is 5.26 Å². The first-order valence-electron chi connectivity index (χ1n) is 3.80. The first-order chi connectivity index (χ1) is 6.16. The van der Waals surface area contributed by atoms with Crippen LogP contribution in [0, 0.1) is 11.3 Å². The molecule has 0 unspecified atom stereocenters. The minimum atomic E-state index is -0.558. The van der Waals surface area contributed by atoms with Crippen molar-refractivity contribution >= 4 is 0 Å². The van der Waals surface area contributed by atoms with Gasteiger partial charge in [0.25, 0.3) is 0 Å². The van der Waals surface area contributed by atoms with E-state index in [0.29, 0.717) is 5.56 Å². The van der Waals surface area contributed by atoms with Crippen LogP contribution in [0.25, 0.3) is 0 Å². The quantitative estimate of drug-likeness (QED) is 0.589. The molecule has 13 heavy (non-hydrogen) atoms. The van der Waals surface area contributed by atoms with Crippen molar-refractivity contribution in [2.24, 2.45) is 5.73 Å². The van der Waals surface area contributed by atoms with Gasteiger partial charge in [-0.3, -0.25) is 0 Å². The van der Waals surface area contributed by atoms with Crippen molar-refractivity contribution in [3.63, 3.8) is 0 Å². The Labute approximate surface area is 75.8 Å². The number of nitrogens with zero attached hydrogens (tertiary/aromatic N) is 1. The lowest BCUT2D eigenvalue weighted by Gasteiger charge is -2.10. The fourth-order valence-electron chi connectivity index (χ4n) is 1.06. The van der Waals surface area contributed by atoms with Gasteiger partial charge >= 0.3 is 0 Å². The Balaban J connectivity index is 3.02. The number of nitriles is 1. The van der Waals surface area contributed by atoms with Crippen LogP contribution in [0.2, 0.25) is 0 Å². The molecular weight excluding hydrogens is 168 g/mol. The van der Waals surface area contributed by atoms with Gasteiger partial charge in [0.2, 0.25) is 0 Å². The number of rotatable bonds is 2. The predicted octanol–water partition coefficient (Wildman–Crippen LogP) is 1.01. The predicted molar refractivity (Wildman–Crippen MR) is 46.9 cm³/mol. The fourth-order valence-corrected chi connectivity index (χ4v) is 1.06.